The van der Waals surface area contributed by atoms with Crippen LogP contribution in [-0.2, 0) is 27.9 Å². The van der Waals surface area contributed by atoms with Gasteiger partial charge < -0.3 is 19.3 Å². The van der Waals surface area contributed by atoms with Gasteiger partial charge in [0.1, 0.15) is 17.1 Å². The fourth-order valence-electron chi connectivity index (χ4n) is 5.73. The molecular weight excluding hydrogens is 564 g/mol. The molecule has 0 saturated heterocycles. The normalized spacial score (nSPS) is 18.7. The van der Waals surface area contributed by atoms with Crippen molar-refractivity contribution in [3.63, 3.8) is 0 Å². The Labute approximate surface area is 256 Å². The van der Waals surface area contributed by atoms with E-state index in [0.29, 0.717) is 36.6 Å². The molecule has 1 aliphatic rings. The summed E-state index contributed by atoms with van der Waals surface area (Å²) in [5.74, 6) is 1.69. The van der Waals surface area contributed by atoms with Crippen LogP contribution in [0, 0.1) is 13.8 Å². The van der Waals surface area contributed by atoms with Crippen LogP contribution in [0.2, 0.25) is 0 Å². The molecule has 10 heteroatoms. The molecule has 1 aliphatic heterocycles. The third-order valence-electron chi connectivity index (χ3n) is 8.35. The Balaban J connectivity index is 1.71. The summed E-state index contributed by atoms with van der Waals surface area (Å²) in [6, 6.07) is 12.9. The first-order valence-electron chi connectivity index (χ1n) is 15.4. The Morgan fingerprint density at radius 2 is 1.84 bits per heavy atom. The molecule has 1 aromatic heterocycles. The number of hydrogen-bond donors (Lipinski definition) is 2. The van der Waals surface area contributed by atoms with Crippen LogP contribution in [0.5, 0.6) is 0 Å². The van der Waals surface area contributed by atoms with Gasteiger partial charge in [0.15, 0.2) is 12.0 Å². The van der Waals surface area contributed by atoms with E-state index in [9.17, 15) is 13.5 Å². The van der Waals surface area contributed by atoms with Gasteiger partial charge in [-0.2, -0.15) is 0 Å². The van der Waals surface area contributed by atoms with E-state index in [0.717, 1.165) is 61.1 Å². The van der Waals surface area contributed by atoms with Crippen molar-refractivity contribution in [1.82, 2.24) is 10.1 Å². The number of ether oxygens (including phenoxy) is 1. The second kappa shape index (κ2) is 14.1. The summed E-state index contributed by atoms with van der Waals surface area (Å²) < 4.78 is 40.8. The first-order chi connectivity index (χ1) is 20.6. The van der Waals surface area contributed by atoms with Gasteiger partial charge in [0.05, 0.1) is 11.5 Å². The zero-order valence-electron chi connectivity index (χ0n) is 26.3. The molecule has 2 aromatic carbocycles. The molecule has 0 bridgehead atoms. The lowest BCUT2D eigenvalue weighted by Crippen LogP contribution is -2.46. The van der Waals surface area contributed by atoms with E-state index in [1.54, 1.807) is 32.0 Å². The maximum Gasteiger partial charge on any atom is 0.263 e. The standard InChI is InChI=1S/C33H46N4O5S/c1-7-11-16-30-34-33(9-3,19-8-2)32(38)37(30)21-25-17-18-27(26(20-25)22-41-10-4)28-14-12-13-15-29(28)43(39,40)36-31-23(5)24(6)42-35-31/h12-15,17-18,20,32,38H,7-11,16,19,21-22H2,1-6H3,(H,35,36). The smallest absolute Gasteiger partial charge is 0.263 e. The van der Waals surface area contributed by atoms with Crippen molar-refractivity contribution in [3.8, 4) is 11.1 Å². The van der Waals surface area contributed by atoms with Gasteiger partial charge in [-0.15, -0.1) is 0 Å². The molecule has 234 valence electrons. The molecule has 0 aliphatic carbocycles. The number of aliphatic hydroxyl groups is 1. The number of unbranched alkanes of at least 4 members (excludes halogenated alkanes) is 1. The van der Waals surface area contributed by atoms with Crippen LogP contribution in [0.4, 0.5) is 5.82 Å². The Morgan fingerprint density at radius 1 is 1.07 bits per heavy atom. The summed E-state index contributed by atoms with van der Waals surface area (Å²) in [5.41, 5.74) is 3.34. The monoisotopic (exact) mass is 610 g/mol. The molecule has 2 atom stereocenters. The maximum absolute atomic E-state index is 13.6. The molecule has 0 radical (unpaired) electrons. The third-order valence-corrected chi connectivity index (χ3v) is 9.74. The van der Waals surface area contributed by atoms with Crippen molar-refractivity contribution in [1.29, 1.82) is 0 Å². The highest BCUT2D eigenvalue weighted by Crippen LogP contribution is 2.38. The van der Waals surface area contributed by atoms with Crippen LogP contribution in [0.3, 0.4) is 0 Å². The summed E-state index contributed by atoms with van der Waals surface area (Å²) in [4.78, 5) is 7.31. The van der Waals surface area contributed by atoms with Crippen molar-refractivity contribution >= 4 is 21.7 Å². The topological polar surface area (TPSA) is 117 Å². The van der Waals surface area contributed by atoms with E-state index in [4.69, 9.17) is 14.3 Å². The molecule has 0 amide bonds. The number of aromatic nitrogens is 1. The second-order valence-corrected chi connectivity index (χ2v) is 12.9. The average Bonchev–Trinajstić information content (AvgIpc) is 3.45. The molecule has 3 aromatic rings. The predicted molar refractivity (Wildman–Crippen MR) is 170 cm³/mol. The summed E-state index contributed by atoms with van der Waals surface area (Å²) in [5, 5.41) is 15.5. The number of aliphatic imine (C=N–C) groups is 1. The SMILES string of the molecule is CCCCC1=NC(CC)(CCC)C(O)N1Cc1ccc(-c2ccccc2S(=O)(=O)Nc2noc(C)c2C)c(COCC)c1. The molecule has 9 nitrogen and oxygen atoms in total. The largest absolute Gasteiger partial charge is 0.377 e. The Kier molecular flexibility index (Phi) is 10.7. The van der Waals surface area contributed by atoms with E-state index < -0.39 is 21.8 Å². The lowest BCUT2D eigenvalue weighted by molar-refractivity contribution is -0.00472. The highest BCUT2D eigenvalue weighted by Gasteiger charge is 2.45. The van der Waals surface area contributed by atoms with Crippen molar-refractivity contribution in [2.24, 2.45) is 4.99 Å². The van der Waals surface area contributed by atoms with Gasteiger partial charge in [-0.3, -0.25) is 9.71 Å². The van der Waals surface area contributed by atoms with Crippen LogP contribution >= 0.6 is 0 Å². The maximum atomic E-state index is 13.6. The molecule has 0 spiro atoms. The van der Waals surface area contributed by atoms with Gasteiger partial charge in [0.25, 0.3) is 10.0 Å². The molecule has 2 heterocycles. The highest BCUT2D eigenvalue weighted by atomic mass is 32.2. The fraction of sp³-hybridized carbons (Fsp3) is 0.515. The predicted octanol–water partition coefficient (Wildman–Crippen LogP) is 6.97. The second-order valence-electron chi connectivity index (χ2n) is 11.3. The van der Waals surface area contributed by atoms with Gasteiger partial charge in [0.2, 0.25) is 0 Å². The average molecular weight is 611 g/mol. The van der Waals surface area contributed by atoms with Gasteiger partial charge in [-0.25, -0.2) is 8.42 Å². The molecule has 4 rings (SSSR count). The summed E-state index contributed by atoms with van der Waals surface area (Å²) in [6.45, 7) is 13.2. The van der Waals surface area contributed by atoms with E-state index in [-0.39, 0.29) is 10.7 Å². The first kappa shape index (κ1) is 32.7. The van der Waals surface area contributed by atoms with Crippen molar-refractivity contribution in [2.45, 2.75) is 110 Å². The van der Waals surface area contributed by atoms with Crippen LogP contribution in [0.25, 0.3) is 11.1 Å². The van der Waals surface area contributed by atoms with Gasteiger partial charge in [-0.1, -0.05) is 75.2 Å². The first-order valence-corrected chi connectivity index (χ1v) is 16.9. The summed E-state index contributed by atoms with van der Waals surface area (Å²) in [7, 11) is -3.98. The molecular formula is C33H46N4O5S. The van der Waals surface area contributed by atoms with Crippen LogP contribution in [0.15, 0.2) is 56.9 Å². The van der Waals surface area contributed by atoms with E-state index >= 15 is 0 Å². The fourth-order valence-corrected chi connectivity index (χ4v) is 7.01. The van der Waals surface area contributed by atoms with Gasteiger partial charge >= 0.3 is 0 Å². The van der Waals surface area contributed by atoms with E-state index in [1.165, 1.54) is 0 Å². The number of sulfonamides is 1. The van der Waals surface area contributed by atoms with Crippen LogP contribution < -0.4 is 4.72 Å². The lowest BCUT2D eigenvalue weighted by atomic mass is 9.89. The molecule has 0 fully saturated rings. The van der Waals surface area contributed by atoms with Crippen LogP contribution in [-0.4, -0.2) is 47.8 Å². The van der Waals surface area contributed by atoms with E-state index in [1.807, 2.05) is 25.1 Å². The number of nitrogens with zero attached hydrogens (tertiary/aromatic N) is 3. The van der Waals surface area contributed by atoms with Gasteiger partial charge in [0, 0.05) is 30.7 Å². The lowest BCUT2D eigenvalue weighted by Gasteiger charge is -2.33. The van der Waals surface area contributed by atoms with Crippen molar-refractivity contribution in [3.05, 3.63) is 64.9 Å². The zero-order valence-corrected chi connectivity index (χ0v) is 27.1. The van der Waals surface area contributed by atoms with Gasteiger partial charge in [-0.05, 0) is 62.8 Å². The Hall–Kier alpha value is -3.21. The highest BCUT2D eigenvalue weighted by molar-refractivity contribution is 7.92. The number of anilines is 1. The number of nitrogens with one attached hydrogen (secondary N) is 1. The number of aliphatic hydroxyl groups excluding tert-OH is 1. The minimum absolute atomic E-state index is 0.136. The minimum atomic E-state index is -3.98. The zero-order chi connectivity index (χ0) is 31.2. The van der Waals surface area contributed by atoms with Crippen molar-refractivity contribution in [2.75, 3.05) is 11.3 Å². The quantitative estimate of drug-likeness (QED) is 0.191. The van der Waals surface area contributed by atoms with E-state index in [2.05, 4.69) is 41.6 Å². The third kappa shape index (κ3) is 6.97. The number of amidine groups is 1. The minimum Gasteiger partial charge on any atom is -0.377 e. The number of benzene rings is 2. The molecule has 2 N–H and O–H groups in total. The Morgan fingerprint density at radius 3 is 2.49 bits per heavy atom. The number of rotatable bonds is 15. The summed E-state index contributed by atoms with van der Waals surface area (Å²) in [6.07, 6.45) is 4.74. The molecule has 2 unspecified atom stereocenters. The van der Waals surface area contributed by atoms with Crippen molar-refractivity contribution < 1.29 is 22.8 Å². The Bertz CT molecular complexity index is 1530. The molecule has 0 saturated carbocycles. The number of hydrogen-bond acceptors (Lipinski definition) is 8. The molecule has 43 heavy (non-hydrogen) atoms. The van der Waals surface area contributed by atoms with Crippen LogP contribution in [0.1, 0.15) is 88.7 Å². The number of aryl methyl sites for hydroxylation is 1. The summed E-state index contributed by atoms with van der Waals surface area (Å²) >= 11 is 0.